The molecule has 0 bridgehead atoms. The van der Waals surface area contributed by atoms with E-state index in [4.69, 9.17) is 5.11 Å². The molecule has 3 rings (SSSR count). The fourth-order valence-electron chi connectivity index (χ4n) is 3.34. The zero-order valence-corrected chi connectivity index (χ0v) is 14.0. The summed E-state index contributed by atoms with van der Waals surface area (Å²) in [5.74, 6) is -1.33. The first-order valence-electron chi connectivity index (χ1n) is 8.20. The van der Waals surface area contributed by atoms with Crippen molar-refractivity contribution in [2.75, 3.05) is 13.1 Å². The maximum Gasteiger partial charge on any atom is 0.308 e. The molecule has 1 N–H and O–H groups in total. The van der Waals surface area contributed by atoms with Crippen molar-refractivity contribution in [2.45, 2.75) is 26.8 Å². The largest absolute Gasteiger partial charge is 0.481 e. The molecule has 1 fully saturated rings. The number of carbonyl (C=O) groups excluding carboxylic acids is 1. The van der Waals surface area contributed by atoms with Crippen molar-refractivity contribution >= 4 is 11.9 Å². The van der Waals surface area contributed by atoms with Gasteiger partial charge in [-0.1, -0.05) is 30.3 Å². The summed E-state index contributed by atoms with van der Waals surface area (Å²) in [7, 11) is 0. The number of nitrogens with zero attached hydrogens (tertiary/aromatic N) is 2. The van der Waals surface area contributed by atoms with Crippen molar-refractivity contribution in [3.63, 3.8) is 0 Å². The maximum absolute atomic E-state index is 12.8. The molecule has 1 amide bonds. The molecule has 5 nitrogen and oxygen atoms in total. The monoisotopic (exact) mass is 326 g/mol. The smallest absolute Gasteiger partial charge is 0.308 e. The highest BCUT2D eigenvalue weighted by atomic mass is 16.4. The Bertz CT molecular complexity index is 764. The summed E-state index contributed by atoms with van der Waals surface area (Å²) >= 11 is 0. The molecule has 126 valence electrons. The van der Waals surface area contributed by atoms with Gasteiger partial charge in [0.1, 0.15) is 0 Å². The summed E-state index contributed by atoms with van der Waals surface area (Å²) < 4.78 is 2.13. The number of aromatic nitrogens is 1. The van der Waals surface area contributed by atoms with Crippen LogP contribution in [0.25, 0.3) is 0 Å². The summed E-state index contributed by atoms with van der Waals surface area (Å²) in [5.41, 5.74) is 3.83. The molecule has 0 aliphatic carbocycles. The van der Waals surface area contributed by atoms with Gasteiger partial charge < -0.3 is 14.6 Å². The Morgan fingerprint density at radius 2 is 1.92 bits per heavy atom. The van der Waals surface area contributed by atoms with Crippen LogP contribution >= 0.6 is 0 Å². The first kappa shape index (κ1) is 16.3. The van der Waals surface area contributed by atoms with Crippen molar-refractivity contribution < 1.29 is 14.7 Å². The van der Waals surface area contributed by atoms with Gasteiger partial charge >= 0.3 is 5.97 Å². The predicted molar refractivity (Wildman–Crippen MR) is 91.1 cm³/mol. The van der Waals surface area contributed by atoms with E-state index < -0.39 is 11.9 Å². The molecule has 0 spiro atoms. The second kappa shape index (κ2) is 6.51. The van der Waals surface area contributed by atoms with Crippen LogP contribution in [0, 0.1) is 19.8 Å². The first-order valence-corrected chi connectivity index (χ1v) is 8.20. The summed E-state index contributed by atoms with van der Waals surface area (Å²) in [5, 5.41) is 9.11. The summed E-state index contributed by atoms with van der Waals surface area (Å²) in [6.45, 7) is 5.49. The topological polar surface area (TPSA) is 62.5 Å². The van der Waals surface area contributed by atoms with Gasteiger partial charge in [0.05, 0.1) is 11.5 Å². The van der Waals surface area contributed by atoms with Crippen LogP contribution in [0.3, 0.4) is 0 Å². The predicted octanol–water partition coefficient (Wildman–Crippen LogP) is 2.70. The van der Waals surface area contributed by atoms with Crippen LogP contribution < -0.4 is 0 Å². The number of amides is 1. The average Bonchev–Trinajstić information content (AvgIpc) is 3.16. The van der Waals surface area contributed by atoms with Crippen LogP contribution in [-0.2, 0) is 11.3 Å². The zero-order valence-electron chi connectivity index (χ0n) is 14.0. The van der Waals surface area contributed by atoms with E-state index in [1.807, 2.05) is 38.1 Å². The van der Waals surface area contributed by atoms with Crippen LogP contribution in [0.5, 0.6) is 0 Å². The minimum absolute atomic E-state index is 0.0637. The molecule has 1 aromatic heterocycles. The Labute approximate surface area is 141 Å². The minimum atomic E-state index is -0.820. The van der Waals surface area contributed by atoms with Crippen LogP contribution in [0.15, 0.2) is 36.4 Å². The highest BCUT2D eigenvalue weighted by Crippen LogP contribution is 2.23. The second-order valence-electron chi connectivity index (χ2n) is 6.43. The van der Waals surface area contributed by atoms with Gasteiger partial charge in [-0.25, -0.2) is 0 Å². The Morgan fingerprint density at radius 1 is 1.21 bits per heavy atom. The SMILES string of the molecule is Cc1cc(C(=O)N2CCC(C(=O)O)C2)c(C)n1Cc1ccccc1. The Balaban J connectivity index is 1.81. The van der Waals surface area contributed by atoms with Gasteiger partial charge in [-0.15, -0.1) is 0 Å². The lowest BCUT2D eigenvalue weighted by atomic mass is 10.1. The van der Waals surface area contributed by atoms with Crippen molar-refractivity contribution in [1.82, 2.24) is 9.47 Å². The normalized spacial score (nSPS) is 17.2. The molecule has 1 saturated heterocycles. The van der Waals surface area contributed by atoms with Gasteiger partial charge in [0.2, 0.25) is 0 Å². The fraction of sp³-hybridized carbons (Fsp3) is 0.368. The van der Waals surface area contributed by atoms with Crippen LogP contribution in [-0.4, -0.2) is 39.5 Å². The number of likely N-dealkylation sites (tertiary alicyclic amines) is 1. The average molecular weight is 326 g/mol. The van der Waals surface area contributed by atoms with E-state index >= 15 is 0 Å². The lowest BCUT2D eigenvalue weighted by Crippen LogP contribution is -2.30. The first-order chi connectivity index (χ1) is 11.5. The third-order valence-corrected chi connectivity index (χ3v) is 4.81. The van der Waals surface area contributed by atoms with Gasteiger partial charge in [0.15, 0.2) is 0 Å². The summed E-state index contributed by atoms with van der Waals surface area (Å²) in [6, 6.07) is 12.0. The molecular weight excluding hydrogens is 304 g/mol. The Kier molecular flexibility index (Phi) is 4.42. The molecule has 1 atom stereocenters. The zero-order chi connectivity index (χ0) is 17.3. The molecule has 2 heterocycles. The van der Waals surface area contributed by atoms with Crippen molar-refractivity contribution in [2.24, 2.45) is 5.92 Å². The number of aliphatic carboxylic acids is 1. The molecule has 1 aliphatic heterocycles. The number of carboxylic acid groups (broad SMARTS) is 1. The molecule has 24 heavy (non-hydrogen) atoms. The number of benzene rings is 1. The number of hydrogen-bond acceptors (Lipinski definition) is 2. The number of rotatable bonds is 4. The van der Waals surface area contributed by atoms with E-state index in [0.717, 1.165) is 17.9 Å². The molecule has 0 saturated carbocycles. The lowest BCUT2D eigenvalue weighted by molar-refractivity contribution is -0.141. The maximum atomic E-state index is 12.8. The van der Waals surface area contributed by atoms with E-state index in [1.165, 1.54) is 5.56 Å². The number of carbonyl (C=O) groups is 2. The van der Waals surface area contributed by atoms with E-state index in [0.29, 0.717) is 25.1 Å². The molecular formula is C19H22N2O3. The van der Waals surface area contributed by atoms with Crippen molar-refractivity contribution in [1.29, 1.82) is 0 Å². The van der Waals surface area contributed by atoms with E-state index in [1.54, 1.807) is 4.90 Å². The molecule has 1 aromatic carbocycles. The third-order valence-electron chi connectivity index (χ3n) is 4.81. The van der Waals surface area contributed by atoms with E-state index in [2.05, 4.69) is 16.7 Å². The molecule has 5 heteroatoms. The van der Waals surface area contributed by atoms with Crippen molar-refractivity contribution in [3.05, 3.63) is 58.9 Å². The molecule has 0 radical (unpaired) electrons. The van der Waals surface area contributed by atoms with Crippen molar-refractivity contribution in [3.8, 4) is 0 Å². The molecule has 1 aliphatic rings. The quantitative estimate of drug-likeness (QED) is 0.939. The minimum Gasteiger partial charge on any atom is -0.481 e. The fourth-order valence-corrected chi connectivity index (χ4v) is 3.34. The van der Waals surface area contributed by atoms with Gasteiger partial charge in [-0.05, 0) is 31.9 Å². The highest BCUT2D eigenvalue weighted by molar-refractivity contribution is 5.96. The van der Waals surface area contributed by atoms with Gasteiger partial charge in [0, 0.05) is 31.0 Å². The number of hydrogen-bond donors (Lipinski definition) is 1. The number of aryl methyl sites for hydroxylation is 1. The van der Waals surface area contributed by atoms with Crippen LogP contribution in [0.4, 0.5) is 0 Å². The van der Waals surface area contributed by atoms with Gasteiger partial charge in [-0.2, -0.15) is 0 Å². The summed E-state index contributed by atoms with van der Waals surface area (Å²) in [4.78, 5) is 25.5. The van der Waals surface area contributed by atoms with Crippen LogP contribution in [0.1, 0.15) is 33.7 Å². The van der Waals surface area contributed by atoms with Gasteiger partial charge in [-0.3, -0.25) is 9.59 Å². The lowest BCUT2D eigenvalue weighted by Gasteiger charge is -2.16. The van der Waals surface area contributed by atoms with E-state index in [9.17, 15) is 9.59 Å². The van der Waals surface area contributed by atoms with E-state index in [-0.39, 0.29) is 5.91 Å². The molecule has 2 aromatic rings. The highest BCUT2D eigenvalue weighted by Gasteiger charge is 2.32. The van der Waals surface area contributed by atoms with Gasteiger partial charge in [0.25, 0.3) is 5.91 Å². The summed E-state index contributed by atoms with van der Waals surface area (Å²) in [6.07, 6.45) is 0.532. The second-order valence-corrected chi connectivity index (χ2v) is 6.43. The molecule has 1 unspecified atom stereocenters. The Morgan fingerprint density at radius 3 is 2.54 bits per heavy atom. The standard InChI is InChI=1S/C19H22N2O3/c1-13-10-17(18(22)20-9-8-16(12-20)19(23)24)14(2)21(13)11-15-6-4-3-5-7-15/h3-7,10,16H,8-9,11-12H2,1-2H3,(H,23,24). The van der Waals surface area contributed by atoms with Crippen LogP contribution in [0.2, 0.25) is 0 Å². The Hall–Kier alpha value is -2.56. The third kappa shape index (κ3) is 3.07. The number of carboxylic acids is 1.